The normalized spacial score (nSPS) is 14.8. The summed E-state index contributed by atoms with van der Waals surface area (Å²) in [5.41, 5.74) is 1.87. The third kappa shape index (κ3) is 5.80. The Balaban J connectivity index is 1.64. The van der Waals surface area contributed by atoms with Crippen molar-refractivity contribution in [3.63, 3.8) is 0 Å². The Morgan fingerprint density at radius 3 is 2.61 bits per heavy atom. The quantitative estimate of drug-likeness (QED) is 0.144. The van der Waals surface area contributed by atoms with Gasteiger partial charge in [-0.05, 0) is 76.1 Å². The molecule has 1 aliphatic heterocycles. The monoisotopic (exact) mass is 617 g/mol. The summed E-state index contributed by atoms with van der Waals surface area (Å²) in [6.45, 7) is 9.15. The van der Waals surface area contributed by atoms with Crippen molar-refractivity contribution in [2.24, 2.45) is 4.99 Å². The number of methoxy groups -OCH3 is 1. The van der Waals surface area contributed by atoms with E-state index in [1.165, 1.54) is 17.7 Å². The second kappa shape index (κ2) is 12.3. The fourth-order valence-corrected chi connectivity index (χ4v) is 6.04. The van der Waals surface area contributed by atoms with Gasteiger partial charge in [-0.25, -0.2) is 9.79 Å². The maximum absolute atomic E-state index is 14.0. The Morgan fingerprint density at radius 1 is 1.16 bits per heavy atom. The Labute approximate surface area is 256 Å². The lowest BCUT2D eigenvalue weighted by atomic mass is 9.95. The van der Waals surface area contributed by atoms with Gasteiger partial charge in [0.15, 0.2) is 16.3 Å². The Hall–Kier alpha value is -4.97. The standard InChI is InChI=1S/C32H31N3O8S/c1-7-41-31(37)28-19(5)33-32-34(29(28)20-9-12-25(42-17(2)3)26(15-20)40-6)30(36)27(44-32)16-21-10-13-24(43-21)22-11-8-18(4)14-23(22)35(38)39/h8-17,29H,7H2,1-6H3. The molecule has 1 unspecified atom stereocenters. The number of hydrogen-bond donors (Lipinski definition) is 0. The molecule has 2 aromatic carbocycles. The molecule has 2 aromatic heterocycles. The number of furan rings is 1. The summed E-state index contributed by atoms with van der Waals surface area (Å²) in [6.07, 6.45) is 1.47. The first-order valence-electron chi connectivity index (χ1n) is 13.9. The molecule has 11 nitrogen and oxygen atoms in total. The zero-order chi connectivity index (χ0) is 31.7. The van der Waals surface area contributed by atoms with Gasteiger partial charge in [-0.1, -0.05) is 23.5 Å². The van der Waals surface area contributed by atoms with Gasteiger partial charge in [-0.2, -0.15) is 0 Å². The van der Waals surface area contributed by atoms with Gasteiger partial charge in [0.25, 0.3) is 11.2 Å². The molecular weight excluding hydrogens is 586 g/mol. The SMILES string of the molecule is CCOC(=O)C1=C(C)N=c2sc(=Cc3ccc(-c4ccc(C)cc4[N+](=O)[O-])o3)c(=O)n2C1c1ccc(OC(C)C)c(OC)c1. The van der Waals surface area contributed by atoms with E-state index in [4.69, 9.17) is 18.6 Å². The van der Waals surface area contributed by atoms with Crippen LogP contribution in [-0.2, 0) is 9.53 Å². The lowest BCUT2D eigenvalue weighted by Crippen LogP contribution is -2.40. The van der Waals surface area contributed by atoms with Gasteiger partial charge >= 0.3 is 5.97 Å². The minimum atomic E-state index is -0.850. The van der Waals surface area contributed by atoms with E-state index in [9.17, 15) is 19.7 Å². The molecule has 1 aliphatic rings. The highest BCUT2D eigenvalue weighted by Crippen LogP contribution is 2.37. The minimum absolute atomic E-state index is 0.0764. The van der Waals surface area contributed by atoms with Crippen LogP contribution in [0.5, 0.6) is 11.5 Å². The molecule has 5 rings (SSSR count). The summed E-state index contributed by atoms with van der Waals surface area (Å²) < 4.78 is 24.5. The molecule has 1 atom stereocenters. The van der Waals surface area contributed by atoms with E-state index in [0.29, 0.717) is 49.2 Å². The van der Waals surface area contributed by atoms with Crippen molar-refractivity contribution in [2.45, 2.75) is 46.8 Å². The van der Waals surface area contributed by atoms with Crippen LogP contribution in [0, 0.1) is 17.0 Å². The van der Waals surface area contributed by atoms with Crippen molar-refractivity contribution in [1.29, 1.82) is 0 Å². The molecule has 3 heterocycles. The highest BCUT2D eigenvalue weighted by atomic mass is 32.1. The number of thiazole rings is 1. The number of carbonyl (C=O) groups is 1. The molecule has 0 aliphatic carbocycles. The van der Waals surface area contributed by atoms with Crippen LogP contribution in [0.3, 0.4) is 0 Å². The molecule has 228 valence electrons. The number of nitro groups is 1. The number of aryl methyl sites for hydroxylation is 1. The number of carbonyl (C=O) groups excluding carboxylic acids is 1. The lowest BCUT2D eigenvalue weighted by Gasteiger charge is -2.25. The van der Waals surface area contributed by atoms with Crippen molar-refractivity contribution < 1.29 is 28.3 Å². The van der Waals surface area contributed by atoms with E-state index in [1.807, 2.05) is 13.8 Å². The van der Waals surface area contributed by atoms with Crippen LogP contribution in [0.2, 0.25) is 0 Å². The van der Waals surface area contributed by atoms with Gasteiger partial charge in [0.1, 0.15) is 11.5 Å². The first-order valence-corrected chi connectivity index (χ1v) is 14.7. The van der Waals surface area contributed by atoms with Crippen LogP contribution in [0.25, 0.3) is 17.4 Å². The van der Waals surface area contributed by atoms with E-state index >= 15 is 0 Å². The molecule has 0 saturated heterocycles. The van der Waals surface area contributed by atoms with Crippen LogP contribution in [0.15, 0.2) is 74.0 Å². The first kappa shape index (κ1) is 30.5. The molecular formula is C32H31N3O8S. The number of nitrogens with zero attached hydrogens (tertiary/aromatic N) is 3. The maximum Gasteiger partial charge on any atom is 0.338 e. The smallest absolute Gasteiger partial charge is 0.338 e. The van der Waals surface area contributed by atoms with Crippen molar-refractivity contribution in [3.8, 4) is 22.8 Å². The third-order valence-corrected chi connectivity index (χ3v) is 7.88. The minimum Gasteiger partial charge on any atom is -0.493 e. The van der Waals surface area contributed by atoms with Crippen LogP contribution in [0.4, 0.5) is 5.69 Å². The average molecular weight is 618 g/mol. The number of allylic oxidation sites excluding steroid dienone is 1. The number of benzene rings is 2. The predicted molar refractivity (Wildman–Crippen MR) is 165 cm³/mol. The van der Waals surface area contributed by atoms with E-state index in [-0.39, 0.29) is 24.0 Å². The Bertz CT molecular complexity index is 1980. The van der Waals surface area contributed by atoms with Crippen molar-refractivity contribution in [2.75, 3.05) is 13.7 Å². The summed E-state index contributed by atoms with van der Waals surface area (Å²) >= 11 is 1.14. The highest BCUT2D eigenvalue weighted by Gasteiger charge is 2.34. The molecule has 0 N–H and O–H groups in total. The molecule has 0 amide bonds. The zero-order valence-electron chi connectivity index (χ0n) is 25.1. The van der Waals surface area contributed by atoms with Crippen LogP contribution < -0.4 is 24.4 Å². The molecule has 0 spiro atoms. The summed E-state index contributed by atoms with van der Waals surface area (Å²) in [4.78, 5) is 43.4. The Kier molecular flexibility index (Phi) is 8.54. The molecule has 12 heteroatoms. The number of nitro benzene ring substituents is 1. The van der Waals surface area contributed by atoms with Gasteiger partial charge in [0.2, 0.25) is 0 Å². The summed E-state index contributed by atoms with van der Waals surface area (Å²) in [6, 6.07) is 12.6. The number of rotatable bonds is 9. The number of fused-ring (bicyclic) bond motifs is 1. The summed E-state index contributed by atoms with van der Waals surface area (Å²) in [5.74, 6) is 1.02. The number of esters is 1. The van der Waals surface area contributed by atoms with E-state index < -0.39 is 22.5 Å². The predicted octanol–water partition coefficient (Wildman–Crippen LogP) is 5.07. The largest absolute Gasteiger partial charge is 0.493 e. The van der Waals surface area contributed by atoms with Crippen LogP contribution in [-0.4, -0.2) is 35.3 Å². The second-order valence-electron chi connectivity index (χ2n) is 10.4. The number of aromatic nitrogens is 1. The topological polar surface area (TPSA) is 135 Å². The molecule has 44 heavy (non-hydrogen) atoms. The van der Waals surface area contributed by atoms with E-state index in [2.05, 4.69) is 4.99 Å². The second-order valence-corrected chi connectivity index (χ2v) is 11.4. The van der Waals surface area contributed by atoms with Crippen LogP contribution >= 0.6 is 11.3 Å². The number of ether oxygens (including phenoxy) is 3. The van der Waals surface area contributed by atoms with E-state index in [0.717, 1.165) is 16.9 Å². The molecule has 0 radical (unpaired) electrons. The Morgan fingerprint density at radius 2 is 1.93 bits per heavy atom. The zero-order valence-corrected chi connectivity index (χ0v) is 25.9. The lowest BCUT2D eigenvalue weighted by molar-refractivity contribution is -0.384. The fraction of sp³-hybridized carbons (Fsp3) is 0.281. The summed E-state index contributed by atoms with van der Waals surface area (Å²) in [5, 5.41) is 11.6. The van der Waals surface area contributed by atoms with Gasteiger partial charge in [-0.15, -0.1) is 0 Å². The maximum atomic E-state index is 14.0. The fourth-order valence-electron chi connectivity index (χ4n) is 5.02. The first-order chi connectivity index (χ1) is 21.0. The number of hydrogen-bond acceptors (Lipinski definition) is 10. The van der Waals surface area contributed by atoms with Gasteiger partial charge < -0.3 is 18.6 Å². The molecule has 0 bridgehead atoms. The van der Waals surface area contributed by atoms with Gasteiger partial charge in [-0.3, -0.25) is 19.5 Å². The molecule has 4 aromatic rings. The van der Waals surface area contributed by atoms with Crippen molar-refractivity contribution >= 4 is 29.1 Å². The third-order valence-electron chi connectivity index (χ3n) is 6.90. The van der Waals surface area contributed by atoms with Crippen LogP contribution in [0.1, 0.15) is 50.6 Å². The van der Waals surface area contributed by atoms with Crippen molar-refractivity contribution in [1.82, 2.24) is 4.57 Å². The van der Waals surface area contributed by atoms with Crippen molar-refractivity contribution in [3.05, 3.63) is 106 Å². The summed E-state index contributed by atoms with van der Waals surface area (Å²) in [7, 11) is 1.52. The van der Waals surface area contributed by atoms with Gasteiger partial charge in [0, 0.05) is 12.1 Å². The molecule has 0 fully saturated rings. The van der Waals surface area contributed by atoms with E-state index in [1.54, 1.807) is 69.3 Å². The highest BCUT2D eigenvalue weighted by molar-refractivity contribution is 7.07. The average Bonchev–Trinajstić information content (AvgIpc) is 3.56. The molecule has 0 saturated carbocycles. The van der Waals surface area contributed by atoms with Gasteiger partial charge in [0.05, 0.1) is 52.2 Å².